The van der Waals surface area contributed by atoms with Crippen molar-refractivity contribution in [3.8, 4) is 39.9 Å². The van der Waals surface area contributed by atoms with Gasteiger partial charge in [0.15, 0.2) is 11.6 Å². The zero-order valence-corrected chi connectivity index (χ0v) is 25.6. The molecule has 10 aromatic rings. The second-order valence-corrected chi connectivity index (χ2v) is 11.9. The van der Waals surface area contributed by atoms with E-state index in [2.05, 4.69) is 131 Å². The molecule has 6 aromatic carbocycles. The molecule has 0 unspecified atom stereocenters. The molecule has 10 rings (SSSR count). The van der Waals surface area contributed by atoms with Crippen molar-refractivity contribution in [3.63, 3.8) is 0 Å². The first-order valence-electron chi connectivity index (χ1n) is 15.9. The molecule has 6 heteroatoms. The quantitative estimate of drug-likeness (QED) is 0.197. The van der Waals surface area contributed by atoms with Crippen LogP contribution < -0.4 is 0 Å². The summed E-state index contributed by atoms with van der Waals surface area (Å²) in [6.45, 7) is 0. The fraction of sp³-hybridized carbons (Fsp3) is 0. The van der Waals surface area contributed by atoms with Gasteiger partial charge in [-0.3, -0.25) is 9.55 Å². The number of para-hydroxylation sites is 2. The zero-order valence-electron chi connectivity index (χ0n) is 25.6. The molecule has 0 radical (unpaired) electrons. The third-order valence-electron chi connectivity index (χ3n) is 9.16. The number of benzene rings is 6. The molecule has 6 nitrogen and oxygen atoms in total. The Labute approximate surface area is 274 Å². The minimum atomic E-state index is 0.576. The lowest BCUT2D eigenvalue weighted by Gasteiger charge is -2.12. The van der Waals surface area contributed by atoms with Crippen LogP contribution in [0.15, 0.2) is 156 Å². The molecular weight excluding hydrogens is 590 g/mol. The molecule has 4 heterocycles. The van der Waals surface area contributed by atoms with Crippen molar-refractivity contribution in [3.05, 3.63) is 152 Å². The van der Waals surface area contributed by atoms with Crippen LogP contribution in [0.5, 0.6) is 0 Å². The van der Waals surface area contributed by atoms with Gasteiger partial charge in [-0.15, -0.1) is 0 Å². The summed E-state index contributed by atoms with van der Waals surface area (Å²) in [5.41, 5.74) is 7.75. The molecule has 0 aliphatic heterocycles. The van der Waals surface area contributed by atoms with Gasteiger partial charge in [-0.25, -0.2) is 4.98 Å². The van der Waals surface area contributed by atoms with Crippen LogP contribution in [0.25, 0.3) is 94.4 Å². The van der Waals surface area contributed by atoms with Crippen LogP contribution in [-0.4, -0.2) is 24.5 Å². The maximum Gasteiger partial charge on any atom is 0.238 e. The van der Waals surface area contributed by atoms with Gasteiger partial charge in [0, 0.05) is 45.1 Å². The van der Waals surface area contributed by atoms with E-state index in [4.69, 9.17) is 19.4 Å². The molecule has 0 aliphatic carbocycles. The van der Waals surface area contributed by atoms with Gasteiger partial charge in [0.1, 0.15) is 11.2 Å². The van der Waals surface area contributed by atoms with Crippen molar-refractivity contribution in [2.24, 2.45) is 0 Å². The highest BCUT2D eigenvalue weighted by molar-refractivity contribution is 6.12. The summed E-state index contributed by atoms with van der Waals surface area (Å²) < 4.78 is 8.28. The summed E-state index contributed by atoms with van der Waals surface area (Å²) in [6, 6.07) is 48.0. The first kappa shape index (κ1) is 26.5. The molecule has 0 spiro atoms. The van der Waals surface area contributed by atoms with E-state index in [0.717, 1.165) is 71.4 Å². The number of furan rings is 1. The molecule has 0 aliphatic rings. The summed E-state index contributed by atoms with van der Waals surface area (Å²) >= 11 is 0. The molecule has 0 saturated heterocycles. The van der Waals surface area contributed by atoms with Crippen LogP contribution in [0.2, 0.25) is 0 Å². The predicted molar refractivity (Wildman–Crippen MR) is 193 cm³/mol. The van der Waals surface area contributed by atoms with Crippen LogP contribution in [0.1, 0.15) is 0 Å². The van der Waals surface area contributed by atoms with Gasteiger partial charge in [-0.2, -0.15) is 9.97 Å². The number of pyridine rings is 1. The van der Waals surface area contributed by atoms with E-state index in [0.29, 0.717) is 17.6 Å². The smallest absolute Gasteiger partial charge is 0.238 e. The van der Waals surface area contributed by atoms with Gasteiger partial charge >= 0.3 is 0 Å². The second kappa shape index (κ2) is 10.4. The fourth-order valence-corrected chi connectivity index (χ4v) is 6.90. The highest BCUT2D eigenvalue weighted by atomic mass is 16.3. The van der Waals surface area contributed by atoms with Crippen molar-refractivity contribution in [1.29, 1.82) is 0 Å². The van der Waals surface area contributed by atoms with Gasteiger partial charge in [-0.05, 0) is 52.2 Å². The summed E-state index contributed by atoms with van der Waals surface area (Å²) in [5, 5.41) is 6.67. The highest BCUT2D eigenvalue weighted by Crippen LogP contribution is 2.37. The number of nitrogens with zero attached hydrogens (tertiary/aromatic N) is 5. The normalized spacial score (nSPS) is 11.8. The highest BCUT2D eigenvalue weighted by Gasteiger charge is 2.18. The fourth-order valence-electron chi connectivity index (χ4n) is 6.90. The molecule has 0 bridgehead atoms. The van der Waals surface area contributed by atoms with Crippen LogP contribution in [0.4, 0.5) is 0 Å². The van der Waals surface area contributed by atoms with E-state index in [1.54, 1.807) is 6.20 Å². The molecule has 224 valence electrons. The van der Waals surface area contributed by atoms with Crippen molar-refractivity contribution in [2.75, 3.05) is 0 Å². The maximum atomic E-state index is 6.13. The Morgan fingerprint density at radius 3 is 1.94 bits per heavy atom. The Kier molecular flexibility index (Phi) is 5.77. The van der Waals surface area contributed by atoms with Crippen LogP contribution in [0, 0.1) is 0 Å². The SMILES string of the molecule is c1ccc2cc(-c3nc(-c4ccc(-c5cccc6oc7ccncc7c56)cc4)nc(-n4c5ccccc5c5ccccc54)n3)ccc2c1. The van der Waals surface area contributed by atoms with Gasteiger partial charge in [0.25, 0.3) is 0 Å². The largest absolute Gasteiger partial charge is 0.456 e. The number of fused-ring (bicyclic) bond motifs is 7. The van der Waals surface area contributed by atoms with Crippen LogP contribution >= 0.6 is 0 Å². The Hall–Kier alpha value is -6.66. The number of rotatable bonds is 4. The molecule has 0 fully saturated rings. The Morgan fingerprint density at radius 1 is 0.479 bits per heavy atom. The van der Waals surface area contributed by atoms with E-state index in [1.165, 1.54) is 5.39 Å². The number of aromatic nitrogens is 5. The topological polar surface area (TPSA) is 69.6 Å². The molecule has 4 aromatic heterocycles. The monoisotopic (exact) mass is 615 g/mol. The minimum absolute atomic E-state index is 0.576. The summed E-state index contributed by atoms with van der Waals surface area (Å²) in [4.78, 5) is 19.7. The lowest BCUT2D eigenvalue weighted by molar-refractivity contribution is 0.668. The van der Waals surface area contributed by atoms with Crippen molar-refractivity contribution in [1.82, 2.24) is 24.5 Å². The Morgan fingerprint density at radius 2 is 1.15 bits per heavy atom. The lowest BCUT2D eigenvalue weighted by Crippen LogP contribution is -2.06. The van der Waals surface area contributed by atoms with Crippen molar-refractivity contribution < 1.29 is 4.42 Å². The standard InChI is InChI=1S/C42H25N5O/c1-2-9-29-24-30(21-16-26(29)8-1)41-44-40(45-42(46-41)47-35-13-5-3-10-32(35)33-11-4-6-14-36(33)47)28-19-17-27(18-20-28)31-12-7-15-38-39(31)34-25-43-23-22-37(34)48-38/h1-25H. The van der Waals surface area contributed by atoms with E-state index in [9.17, 15) is 0 Å². The molecule has 0 N–H and O–H groups in total. The van der Waals surface area contributed by atoms with E-state index in [-0.39, 0.29) is 0 Å². The van der Waals surface area contributed by atoms with E-state index >= 15 is 0 Å². The van der Waals surface area contributed by atoms with Crippen LogP contribution in [-0.2, 0) is 0 Å². The number of hydrogen-bond acceptors (Lipinski definition) is 5. The third-order valence-corrected chi connectivity index (χ3v) is 9.16. The third kappa shape index (κ3) is 4.13. The molecule has 0 saturated carbocycles. The average molecular weight is 616 g/mol. The van der Waals surface area contributed by atoms with E-state index < -0.39 is 0 Å². The maximum absolute atomic E-state index is 6.13. The molecular formula is C42H25N5O. The average Bonchev–Trinajstić information content (AvgIpc) is 3.71. The molecule has 0 atom stereocenters. The Bertz CT molecular complexity index is 2800. The lowest BCUT2D eigenvalue weighted by atomic mass is 9.99. The summed E-state index contributed by atoms with van der Waals surface area (Å²) in [7, 11) is 0. The van der Waals surface area contributed by atoms with Gasteiger partial charge in [0.05, 0.1) is 11.0 Å². The second-order valence-electron chi connectivity index (χ2n) is 11.9. The number of hydrogen-bond donors (Lipinski definition) is 0. The first-order valence-corrected chi connectivity index (χ1v) is 15.9. The Balaban J connectivity index is 1.17. The summed E-state index contributed by atoms with van der Waals surface area (Å²) in [5.74, 6) is 1.80. The minimum Gasteiger partial charge on any atom is -0.456 e. The summed E-state index contributed by atoms with van der Waals surface area (Å²) in [6.07, 6.45) is 3.63. The van der Waals surface area contributed by atoms with Gasteiger partial charge in [0.2, 0.25) is 5.95 Å². The van der Waals surface area contributed by atoms with E-state index in [1.807, 2.05) is 24.4 Å². The molecule has 0 amide bonds. The van der Waals surface area contributed by atoms with Crippen molar-refractivity contribution >= 4 is 54.5 Å². The van der Waals surface area contributed by atoms with Gasteiger partial charge in [-0.1, -0.05) is 109 Å². The van der Waals surface area contributed by atoms with Crippen LogP contribution in [0.3, 0.4) is 0 Å². The zero-order chi connectivity index (χ0) is 31.6. The molecule has 48 heavy (non-hydrogen) atoms. The van der Waals surface area contributed by atoms with Crippen molar-refractivity contribution in [2.45, 2.75) is 0 Å². The van der Waals surface area contributed by atoms with Gasteiger partial charge < -0.3 is 4.42 Å². The predicted octanol–water partition coefficient (Wildman–Crippen LogP) is 10.4. The first-order chi connectivity index (χ1) is 23.8.